The maximum absolute atomic E-state index is 11.6. The number of hydrogen-bond donors (Lipinski definition) is 0. The summed E-state index contributed by atoms with van der Waals surface area (Å²) in [5.41, 5.74) is 0.724. The van der Waals surface area contributed by atoms with Gasteiger partial charge in [-0.2, -0.15) is 4.73 Å². The van der Waals surface area contributed by atoms with E-state index >= 15 is 0 Å². The Morgan fingerprint density at radius 1 is 1.00 bits per heavy atom. The zero-order valence-corrected chi connectivity index (χ0v) is 11.8. The first kappa shape index (κ1) is 11.6. The molecule has 2 aliphatic heterocycles. The van der Waals surface area contributed by atoms with E-state index in [1.807, 2.05) is 12.1 Å². The molecule has 0 atom stereocenters. The molecule has 3 rings (SSSR count). The van der Waals surface area contributed by atoms with Crippen LogP contribution in [0.15, 0.2) is 49.1 Å². The summed E-state index contributed by atoms with van der Waals surface area (Å²) in [6, 6.07) is 5.49. The topological polar surface area (TPSA) is 26.9 Å². The molecule has 0 bridgehead atoms. The molecule has 0 unspecified atom stereocenters. The highest BCUT2D eigenvalue weighted by Crippen LogP contribution is 2.55. The van der Waals surface area contributed by atoms with Gasteiger partial charge in [0, 0.05) is 12.1 Å². The summed E-state index contributed by atoms with van der Waals surface area (Å²) in [4.78, 5) is 1.03. The van der Waals surface area contributed by atoms with Gasteiger partial charge in [-0.25, -0.2) is 0 Å². The summed E-state index contributed by atoms with van der Waals surface area (Å²) in [5, 5.41) is 17.9. The second kappa shape index (κ2) is 5.06. The van der Waals surface area contributed by atoms with E-state index in [-0.39, 0.29) is 0 Å². The van der Waals surface area contributed by atoms with E-state index in [1.54, 1.807) is 53.1 Å². The van der Waals surface area contributed by atoms with Crippen LogP contribution in [0.3, 0.4) is 0 Å². The number of hydrogen-bond acceptors (Lipinski definition) is 5. The van der Waals surface area contributed by atoms with Crippen LogP contribution in [0.4, 0.5) is 0 Å². The molecule has 0 N–H and O–H groups in total. The molecule has 0 saturated carbocycles. The SMILES string of the molecule is [O-][n+]1ccccc1C1=CSC(=C2SC=CS2)S1. The molecule has 17 heavy (non-hydrogen) atoms. The lowest BCUT2D eigenvalue weighted by molar-refractivity contribution is -0.607. The molecule has 6 heteroatoms. The quantitative estimate of drug-likeness (QED) is 0.572. The normalized spacial score (nSPS) is 18.9. The predicted octanol–water partition coefficient (Wildman–Crippen LogP) is 4.18. The average molecular weight is 297 g/mol. The summed E-state index contributed by atoms with van der Waals surface area (Å²) in [6.07, 6.45) is 1.53. The Morgan fingerprint density at radius 2 is 1.82 bits per heavy atom. The minimum Gasteiger partial charge on any atom is -0.618 e. The van der Waals surface area contributed by atoms with Gasteiger partial charge in [0.15, 0.2) is 6.20 Å². The molecule has 1 aromatic heterocycles. The third-order valence-electron chi connectivity index (χ3n) is 2.12. The molecule has 0 aliphatic carbocycles. The van der Waals surface area contributed by atoms with Crippen molar-refractivity contribution in [3.8, 4) is 0 Å². The van der Waals surface area contributed by atoms with Crippen molar-refractivity contribution in [2.45, 2.75) is 0 Å². The minimum atomic E-state index is 0.724. The van der Waals surface area contributed by atoms with E-state index < -0.39 is 0 Å². The Hall–Kier alpha value is -0.430. The van der Waals surface area contributed by atoms with Crippen LogP contribution in [-0.4, -0.2) is 0 Å². The molecule has 0 amide bonds. The summed E-state index contributed by atoms with van der Waals surface area (Å²) in [5.74, 6) is 0. The Bertz CT molecular complexity index is 540. The molecular weight excluding hydrogens is 290 g/mol. The lowest BCUT2D eigenvalue weighted by atomic mass is 10.3. The maximum atomic E-state index is 11.6. The molecule has 1 aromatic rings. The van der Waals surface area contributed by atoms with Gasteiger partial charge in [-0.15, -0.1) is 0 Å². The number of thioether (sulfide) groups is 4. The third-order valence-corrected chi connectivity index (χ3v) is 7.17. The second-order valence-electron chi connectivity index (χ2n) is 3.20. The van der Waals surface area contributed by atoms with E-state index in [4.69, 9.17) is 0 Å². The first-order valence-electron chi connectivity index (χ1n) is 4.80. The van der Waals surface area contributed by atoms with Crippen LogP contribution in [0, 0.1) is 5.21 Å². The van der Waals surface area contributed by atoms with Crippen molar-refractivity contribution in [3.05, 3.63) is 60.0 Å². The number of pyridine rings is 1. The fourth-order valence-corrected chi connectivity index (χ4v) is 5.85. The lowest BCUT2D eigenvalue weighted by Crippen LogP contribution is -2.29. The van der Waals surface area contributed by atoms with Crippen LogP contribution in [-0.2, 0) is 0 Å². The van der Waals surface area contributed by atoms with Crippen LogP contribution in [0.1, 0.15) is 5.69 Å². The highest BCUT2D eigenvalue weighted by molar-refractivity contribution is 8.35. The Morgan fingerprint density at radius 3 is 2.59 bits per heavy atom. The number of aromatic nitrogens is 1. The van der Waals surface area contributed by atoms with Crippen LogP contribution >= 0.6 is 47.0 Å². The lowest BCUT2D eigenvalue weighted by Gasteiger charge is -2.04. The molecule has 3 heterocycles. The van der Waals surface area contributed by atoms with Gasteiger partial charge in [-0.05, 0) is 22.3 Å². The van der Waals surface area contributed by atoms with E-state index in [0.717, 1.165) is 15.3 Å². The maximum Gasteiger partial charge on any atom is 0.231 e. The number of rotatable bonds is 1. The summed E-state index contributed by atoms with van der Waals surface area (Å²) >= 11 is 6.86. The highest BCUT2D eigenvalue weighted by atomic mass is 32.2. The molecular formula is C11H7NOS4. The summed E-state index contributed by atoms with van der Waals surface area (Å²) in [6.45, 7) is 0. The Labute approximate surface area is 116 Å². The van der Waals surface area contributed by atoms with Gasteiger partial charge in [0.1, 0.15) is 0 Å². The Balaban J connectivity index is 1.85. The first-order valence-corrected chi connectivity index (χ1v) is 8.26. The zero-order chi connectivity index (χ0) is 11.7. The molecule has 0 saturated heterocycles. The van der Waals surface area contributed by atoms with Crippen molar-refractivity contribution in [2.24, 2.45) is 0 Å². The highest BCUT2D eigenvalue weighted by Gasteiger charge is 2.23. The van der Waals surface area contributed by atoms with Crippen molar-refractivity contribution in [1.29, 1.82) is 0 Å². The number of nitrogens with zero attached hydrogens (tertiary/aromatic N) is 1. The van der Waals surface area contributed by atoms with Gasteiger partial charge in [-0.1, -0.05) is 47.0 Å². The summed E-state index contributed by atoms with van der Waals surface area (Å²) < 4.78 is 3.49. The average Bonchev–Trinajstić information content (AvgIpc) is 3.00. The van der Waals surface area contributed by atoms with Crippen LogP contribution < -0.4 is 4.73 Å². The summed E-state index contributed by atoms with van der Waals surface area (Å²) in [7, 11) is 0. The standard InChI is InChI=1S/C11H7NOS4/c13-12-4-2-1-3-8(12)9-7-16-11(17-9)10-14-5-6-15-10/h1-7H. The predicted molar refractivity (Wildman–Crippen MR) is 79.9 cm³/mol. The van der Waals surface area contributed by atoms with Gasteiger partial charge >= 0.3 is 0 Å². The van der Waals surface area contributed by atoms with E-state index in [1.165, 1.54) is 14.7 Å². The van der Waals surface area contributed by atoms with Gasteiger partial charge < -0.3 is 5.21 Å². The third kappa shape index (κ3) is 2.40. The van der Waals surface area contributed by atoms with Crippen molar-refractivity contribution >= 4 is 52.0 Å². The van der Waals surface area contributed by atoms with Crippen molar-refractivity contribution in [1.82, 2.24) is 0 Å². The van der Waals surface area contributed by atoms with Crippen LogP contribution in [0.25, 0.3) is 4.91 Å². The van der Waals surface area contributed by atoms with Crippen molar-refractivity contribution in [2.75, 3.05) is 0 Å². The fourth-order valence-electron chi connectivity index (χ4n) is 1.38. The van der Waals surface area contributed by atoms with E-state index in [0.29, 0.717) is 0 Å². The molecule has 0 aromatic carbocycles. The molecule has 0 fully saturated rings. The van der Waals surface area contributed by atoms with Gasteiger partial charge in [-0.3, -0.25) is 0 Å². The molecule has 2 aliphatic rings. The van der Waals surface area contributed by atoms with Gasteiger partial charge in [0.25, 0.3) is 0 Å². The van der Waals surface area contributed by atoms with Gasteiger partial charge in [0.2, 0.25) is 5.69 Å². The van der Waals surface area contributed by atoms with E-state index in [9.17, 15) is 5.21 Å². The minimum absolute atomic E-state index is 0.724. The largest absolute Gasteiger partial charge is 0.618 e. The molecule has 0 radical (unpaired) electrons. The van der Waals surface area contributed by atoms with Crippen LogP contribution in [0.2, 0.25) is 0 Å². The first-order chi connectivity index (χ1) is 8.34. The Kier molecular flexibility index (Phi) is 3.46. The van der Waals surface area contributed by atoms with Crippen molar-refractivity contribution in [3.63, 3.8) is 0 Å². The van der Waals surface area contributed by atoms with Crippen molar-refractivity contribution < 1.29 is 4.73 Å². The fraction of sp³-hybridized carbons (Fsp3) is 0. The monoisotopic (exact) mass is 297 g/mol. The zero-order valence-electron chi connectivity index (χ0n) is 8.53. The van der Waals surface area contributed by atoms with E-state index in [2.05, 4.69) is 16.2 Å². The molecule has 2 nitrogen and oxygen atoms in total. The smallest absolute Gasteiger partial charge is 0.231 e. The van der Waals surface area contributed by atoms with Crippen LogP contribution in [0.5, 0.6) is 0 Å². The second-order valence-corrected chi connectivity index (χ2v) is 7.48. The molecule has 0 spiro atoms. The van der Waals surface area contributed by atoms with Gasteiger partial charge in [0.05, 0.1) is 13.4 Å². The molecule has 86 valence electrons.